The lowest BCUT2D eigenvalue weighted by molar-refractivity contribution is -0.165. The molecule has 14 heavy (non-hydrogen) atoms. The van der Waals surface area contributed by atoms with E-state index >= 15 is 0 Å². The van der Waals surface area contributed by atoms with E-state index in [1.165, 1.54) is 6.08 Å². The predicted octanol–water partition coefficient (Wildman–Crippen LogP) is -0.624. The molecular formula is C9H12O5. The van der Waals surface area contributed by atoms with Gasteiger partial charge >= 0.3 is 11.9 Å². The van der Waals surface area contributed by atoms with Gasteiger partial charge in [0.05, 0.1) is 12.5 Å². The van der Waals surface area contributed by atoms with E-state index in [0.717, 1.165) is 18.9 Å². The van der Waals surface area contributed by atoms with Crippen LogP contribution in [0.15, 0.2) is 12.2 Å². The first-order chi connectivity index (χ1) is 6.65. The molecule has 0 aromatic heterocycles. The maximum absolute atomic E-state index is 11.0. The molecule has 0 aromatic carbocycles. The minimum absolute atomic E-state index is 0.173. The van der Waals surface area contributed by atoms with Crippen LogP contribution in [0.25, 0.3) is 0 Å². The van der Waals surface area contributed by atoms with E-state index in [1.807, 2.05) is 0 Å². The number of aliphatic hydroxyl groups is 2. The molecule has 78 valence electrons. The zero-order valence-corrected chi connectivity index (χ0v) is 7.55. The van der Waals surface area contributed by atoms with Crippen LogP contribution in [0.1, 0.15) is 12.8 Å². The minimum atomic E-state index is -1.48. The molecule has 0 spiro atoms. The topological polar surface area (TPSA) is 83.8 Å². The largest absolute Gasteiger partial charge is 0.392 e. The van der Waals surface area contributed by atoms with Crippen LogP contribution in [0.5, 0.6) is 0 Å². The Morgan fingerprint density at radius 1 is 1.50 bits per heavy atom. The van der Waals surface area contributed by atoms with Gasteiger partial charge in [0.2, 0.25) is 0 Å². The number of carbonyl (C=O) groups excluding carboxylic acids is 2. The van der Waals surface area contributed by atoms with Gasteiger partial charge in [0.1, 0.15) is 0 Å². The molecular weight excluding hydrogens is 188 g/mol. The highest BCUT2D eigenvalue weighted by Gasteiger charge is 2.33. The SMILES string of the molecule is O=C(OC(=O)C1CC1)C(O)C=CCO. The first kappa shape index (κ1) is 10.9. The fourth-order valence-electron chi connectivity index (χ4n) is 0.830. The van der Waals surface area contributed by atoms with Gasteiger partial charge in [0.15, 0.2) is 6.10 Å². The van der Waals surface area contributed by atoms with E-state index in [-0.39, 0.29) is 12.5 Å². The van der Waals surface area contributed by atoms with Crippen molar-refractivity contribution in [3.05, 3.63) is 12.2 Å². The normalized spacial score (nSPS) is 18.1. The Kier molecular flexibility index (Phi) is 3.79. The molecule has 5 heteroatoms. The van der Waals surface area contributed by atoms with E-state index < -0.39 is 18.0 Å². The van der Waals surface area contributed by atoms with Crippen molar-refractivity contribution in [2.45, 2.75) is 18.9 Å². The molecule has 0 aromatic rings. The molecule has 1 fully saturated rings. The minimum Gasteiger partial charge on any atom is -0.392 e. The molecule has 0 heterocycles. The van der Waals surface area contributed by atoms with Crippen LogP contribution in [0.3, 0.4) is 0 Å². The van der Waals surface area contributed by atoms with Crippen molar-refractivity contribution in [3.8, 4) is 0 Å². The highest BCUT2D eigenvalue weighted by molar-refractivity contribution is 5.90. The summed E-state index contributed by atoms with van der Waals surface area (Å²) in [5.74, 6) is -1.74. The van der Waals surface area contributed by atoms with Crippen LogP contribution in [0.4, 0.5) is 0 Å². The Labute approximate surface area is 81.0 Å². The van der Waals surface area contributed by atoms with Gasteiger partial charge in [-0.15, -0.1) is 0 Å². The summed E-state index contributed by atoms with van der Waals surface area (Å²) in [6.45, 7) is -0.277. The predicted molar refractivity (Wildman–Crippen MR) is 46.1 cm³/mol. The van der Waals surface area contributed by atoms with Gasteiger partial charge in [0, 0.05) is 0 Å². The number of rotatable bonds is 4. The van der Waals surface area contributed by atoms with Crippen molar-refractivity contribution in [2.75, 3.05) is 6.61 Å². The molecule has 0 bridgehead atoms. The van der Waals surface area contributed by atoms with Gasteiger partial charge in [-0.3, -0.25) is 4.79 Å². The monoisotopic (exact) mass is 200 g/mol. The van der Waals surface area contributed by atoms with E-state index in [9.17, 15) is 9.59 Å². The molecule has 0 radical (unpaired) electrons. The summed E-state index contributed by atoms with van der Waals surface area (Å²) in [4.78, 5) is 21.9. The van der Waals surface area contributed by atoms with Crippen molar-refractivity contribution in [1.82, 2.24) is 0 Å². The first-order valence-corrected chi connectivity index (χ1v) is 4.36. The molecule has 1 atom stereocenters. The lowest BCUT2D eigenvalue weighted by Gasteiger charge is -2.04. The van der Waals surface area contributed by atoms with Crippen LogP contribution in [0.2, 0.25) is 0 Å². The molecule has 1 aliphatic rings. The van der Waals surface area contributed by atoms with Crippen LogP contribution in [-0.2, 0) is 14.3 Å². The van der Waals surface area contributed by atoms with Gasteiger partial charge in [-0.1, -0.05) is 6.08 Å². The third-order valence-electron chi connectivity index (χ3n) is 1.78. The molecule has 1 rings (SSSR count). The van der Waals surface area contributed by atoms with Gasteiger partial charge < -0.3 is 14.9 Å². The van der Waals surface area contributed by atoms with Crippen LogP contribution in [-0.4, -0.2) is 34.9 Å². The van der Waals surface area contributed by atoms with E-state index in [0.29, 0.717) is 0 Å². The maximum Gasteiger partial charge on any atom is 0.346 e. The number of hydrogen-bond donors (Lipinski definition) is 2. The Balaban J connectivity index is 2.32. The molecule has 1 saturated carbocycles. The zero-order valence-electron chi connectivity index (χ0n) is 7.55. The highest BCUT2D eigenvalue weighted by Crippen LogP contribution is 2.30. The Hall–Kier alpha value is -1.20. The first-order valence-electron chi connectivity index (χ1n) is 4.36. The second kappa shape index (κ2) is 4.88. The second-order valence-electron chi connectivity index (χ2n) is 3.07. The van der Waals surface area contributed by atoms with Crippen molar-refractivity contribution in [3.63, 3.8) is 0 Å². The summed E-state index contributed by atoms with van der Waals surface area (Å²) >= 11 is 0. The molecule has 0 amide bonds. The molecule has 0 saturated heterocycles. The van der Waals surface area contributed by atoms with Crippen molar-refractivity contribution in [2.24, 2.45) is 5.92 Å². The Morgan fingerprint density at radius 2 is 2.14 bits per heavy atom. The summed E-state index contributed by atoms with van der Waals surface area (Å²) in [5, 5.41) is 17.4. The Bertz CT molecular complexity index is 254. The molecule has 1 unspecified atom stereocenters. The smallest absolute Gasteiger partial charge is 0.346 e. The number of aliphatic hydroxyl groups excluding tert-OH is 2. The Morgan fingerprint density at radius 3 is 2.64 bits per heavy atom. The standard InChI is InChI=1S/C9H12O5/c10-5-1-2-7(11)9(13)14-8(12)6-3-4-6/h1-2,6-7,10-11H,3-5H2. The quantitative estimate of drug-likeness (QED) is 0.359. The van der Waals surface area contributed by atoms with Gasteiger partial charge in [-0.25, -0.2) is 4.79 Å². The zero-order chi connectivity index (χ0) is 10.6. The average molecular weight is 200 g/mol. The highest BCUT2D eigenvalue weighted by atomic mass is 16.6. The number of hydrogen-bond acceptors (Lipinski definition) is 5. The van der Waals surface area contributed by atoms with Crippen molar-refractivity contribution in [1.29, 1.82) is 0 Å². The molecule has 5 nitrogen and oxygen atoms in total. The molecule has 1 aliphatic carbocycles. The maximum atomic E-state index is 11.0. The third kappa shape index (κ3) is 3.27. The summed E-state index contributed by atoms with van der Waals surface area (Å²) in [5.41, 5.74) is 0. The number of carbonyl (C=O) groups is 2. The van der Waals surface area contributed by atoms with Gasteiger partial charge in [0.25, 0.3) is 0 Å². The summed E-state index contributed by atoms with van der Waals surface area (Å²) in [7, 11) is 0. The fourth-order valence-corrected chi connectivity index (χ4v) is 0.830. The summed E-state index contributed by atoms with van der Waals surface area (Å²) < 4.78 is 4.37. The third-order valence-corrected chi connectivity index (χ3v) is 1.78. The van der Waals surface area contributed by atoms with Crippen LogP contribution < -0.4 is 0 Å². The average Bonchev–Trinajstić information content (AvgIpc) is 2.96. The van der Waals surface area contributed by atoms with Gasteiger partial charge in [-0.2, -0.15) is 0 Å². The van der Waals surface area contributed by atoms with Crippen molar-refractivity contribution < 1.29 is 24.5 Å². The van der Waals surface area contributed by atoms with Gasteiger partial charge in [-0.05, 0) is 18.9 Å². The second-order valence-corrected chi connectivity index (χ2v) is 3.07. The summed E-state index contributed by atoms with van der Waals surface area (Å²) in [6, 6.07) is 0. The molecule has 0 aliphatic heterocycles. The van der Waals surface area contributed by atoms with Crippen molar-refractivity contribution >= 4 is 11.9 Å². The lowest BCUT2D eigenvalue weighted by Crippen LogP contribution is -2.24. The van der Waals surface area contributed by atoms with E-state index in [2.05, 4.69) is 4.74 Å². The van der Waals surface area contributed by atoms with Crippen LogP contribution in [0, 0.1) is 5.92 Å². The van der Waals surface area contributed by atoms with E-state index in [1.54, 1.807) is 0 Å². The van der Waals surface area contributed by atoms with E-state index in [4.69, 9.17) is 10.2 Å². The van der Waals surface area contributed by atoms with Crippen LogP contribution >= 0.6 is 0 Å². The fraction of sp³-hybridized carbons (Fsp3) is 0.556. The molecule has 2 N–H and O–H groups in total. The number of esters is 2. The number of ether oxygens (including phenoxy) is 1. The summed E-state index contributed by atoms with van der Waals surface area (Å²) in [6.07, 6.45) is 2.28. The lowest BCUT2D eigenvalue weighted by atomic mass is 10.3.